The van der Waals surface area contributed by atoms with E-state index in [1.165, 1.54) is 12.2 Å². The van der Waals surface area contributed by atoms with Crippen molar-refractivity contribution in [2.45, 2.75) is 57.8 Å². The van der Waals surface area contributed by atoms with Gasteiger partial charge in [0, 0.05) is 11.3 Å². The average Bonchev–Trinajstić information content (AvgIpc) is 2.77. The Bertz CT molecular complexity index is 652. The van der Waals surface area contributed by atoms with Gasteiger partial charge in [-0.25, -0.2) is 0 Å². The van der Waals surface area contributed by atoms with E-state index in [4.69, 9.17) is 0 Å². The summed E-state index contributed by atoms with van der Waals surface area (Å²) < 4.78 is 0. The van der Waals surface area contributed by atoms with Gasteiger partial charge in [0.2, 0.25) is 5.78 Å². The average molecular weight is 334 g/mol. The standard InChI is InChI=1S/C19H26O5/c1-18-8-15(23)17-9(10(18)3-4-16(18)24)5-12(20)11-6-13(21)14(22)7-19(11,17)2/h6-7,9-10,12,15-17,20,22-24H,3-5,8H2,1-2H3/t9-,10-,12+,15+,16-,17+,18-,19-/m0/s1. The first-order valence-corrected chi connectivity index (χ1v) is 8.91. The van der Waals surface area contributed by atoms with E-state index in [0.29, 0.717) is 18.4 Å². The van der Waals surface area contributed by atoms with Crippen molar-refractivity contribution in [1.29, 1.82) is 0 Å². The number of aliphatic hydroxyl groups is 4. The number of hydrogen-bond acceptors (Lipinski definition) is 5. The topological polar surface area (TPSA) is 98.0 Å². The molecule has 3 fully saturated rings. The second kappa shape index (κ2) is 4.93. The van der Waals surface area contributed by atoms with Crippen LogP contribution < -0.4 is 0 Å². The summed E-state index contributed by atoms with van der Waals surface area (Å²) in [6.07, 6.45) is 3.70. The molecular weight excluding hydrogens is 308 g/mol. The fraction of sp³-hybridized carbons (Fsp3) is 0.737. The van der Waals surface area contributed by atoms with E-state index in [-0.39, 0.29) is 28.9 Å². The Morgan fingerprint density at radius 2 is 1.88 bits per heavy atom. The Morgan fingerprint density at radius 3 is 2.58 bits per heavy atom. The normalized spacial score (nSPS) is 53.6. The van der Waals surface area contributed by atoms with Crippen LogP contribution in [0.1, 0.15) is 39.5 Å². The summed E-state index contributed by atoms with van der Waals surface area (Å²) in [4.78, 5) is 11.9. The van der Waals surface area contributed by atoms with Crippen molar-refractivity contribution in [2.75, 3.05) is 0 Å². The number of rotatable bonds is 0. The van der Waals surface area contributed by atoms with Crippen LogP contribution in [-0.4, -0.2) is 44.5 Å². The Morgan fingerprint density at radius 1 is 1.17 bits per heavy atom. The predicted octanol–water partition coefficient (Wildman–Crippen LogP) is 1.48. The van der Waals surface area contributed by atoms with E-state index in [9.17, 15) is 25.2 Å². The summed E-state index contributed by atoms with van der Waals surface area (Å²) in [5, 5.41) is 42.1. The van der Waals surface area contributed by atoms with Gasteiger partial charge in [-0.1, -0.05) is 13.8 Å². The lowest BCUT2D eigenvalue weighted by atomic mass is 9.47. The number of ketones is 1. The van der Waals surface area contributed by atoms with Crippen LogP contribution in [0.15, 0.2) is 23.5 Å². The van der Waals surface area contributed by atoms with Crippen molar-refractivity contribution in [3.05, 3.63) is 23.5 Å². The van der Waals surface area contributed by atoms with E-state index in [1.54, 1.807) is 0 Å². The Balaban J connectivity index is 1.81. The highest BCUT2D eigenvalue weighted by atomic mass is 16.3. The maximum atomic E-state index is 11.9. The fourth-order valence-electron chi connectivity index (χ4n) is 6.44. The summed E-state index contributed by atoms with van der Waals surface area (Å²) in [5.41, 5.74) is -0.448. The van der Waals surface area contributed by atoms with E-state index in [0.717, 1.165) is 12.8 Å². The molecule has 5 nitrogen and oxygen atoms in total. The minimum Gasteiger partial charge on any atom is -0.504 e. The minimum atomic E-state index is -0.753. The van der Waals surface area contributed by atoms with E-state index < -0.39 is 29.5 Å². The number of aliphatic hydroxyl groups excluding tert-OH is 4. The van der Waals surface area contributed by atoms with Gasteiger partial charge in [-0.15, -0.1) is 0 Å². The van der Waals surface area contributed by atoms with Gasteiger partial charge in [0.15, 0.2) is 5.76 Å². The first kappa shape index (κ1) is 16.3. The third-order valence-electron chi connectivity index (χ3n) is 7.55. The number of allylic oxidation sites excluding steroid dienone is 2. The molecule has 132 valence electrons. The lowest BCUT2D eigenvalue weighted by Gasteiger charge is -2.59. The van der Waals surface area contributed by atoms with Crippen molar-refractivity contribution in [1.82, 2.24) is 0 Å². The van der Waals surface area contributed by atoms with Gasteiger partial charge < -0.3 is 20.4 Å². The highest BCUT2D eigenvalue weighted by molar-refractivity contribution is 6.04. The minimum absolute atomic E-state index is 0.0605. The molecule has 0 heterocycles. The van der Waals surface area contributed by atoms with Gasteiger partial charge in [0.1, 0.15) is 0 Å². The zero-order valence-electron chi connectivity index (χ0n) is 14.1. The molecule has 0 amide bonds. The predicted molar refractivity (Wildman–Crippen MR) is 87.0 cm³/mol. The van der Waals surface area contributed by atoms with E-state index in [1.807, 2.05) is 13.8 Å². The second-order valence-electron chi connectivity index (χ2n) is 8.69. The lowest BCUT2D eigenvalue weighted by molar-refractivity contribution is -0.142. The van der Waals surface area contributed by atoms with Gasteiger partial charge in [-0.05, 0) is 60.7 Å². The molecule has 0 aliphatic heterocycles. The molecule has 0 spiro atoms. The van der Waals surface area contributed by atoms with E-state index >= 15 is 0 Å². The van der Waals surface area contributed by atoms with Crippen molar-refractivity contribution in [3.8, 4) is 0 Å². The van der Waals surface area contributed by atoms with Crippen LogP contribution in [0.5, 0.6) is 0 Å². The van der Waals surface area contributed by atoms with Crippen LogP contribution in [0.25, 0.3) is 0 Å². The SMILES string of the molecule is C[C@]12C[C@@H](O)[C@H]3[C@@H](C[C@@H](O)C4=CC(=O)C(O)=C[C@@]43C)[C@@H]1CC[C@@H]2O. The first-order chi connectivity index (χ1) is 11.2. The number of carbonyl (C=O) groups excluding carboxylic acids is 1. The summed E-state index contributed by atoms with van der Waals surface area (Å²) in [6.45, 7) is 3.95. The quantitative estimate of drug-likeness (QED) is 0.538. The third kappa shape index (κ3) is 1.89. The van der Waals surface area contributed by atoms with Crippen molar-refractivity contribution < 1.29 is 25.2 Å². The number of carbonyl (C=O) groups is 1. The largest absolute Gasteiger partial charge is 0.504 e. The van der Waals surface area contributed by atoms with Gasteiger partial charge in [-0.2, -0.15) is 0 Å². The molecule has 3 saturated carbocycles. The molecule has 0 radical (unpaired) electrons. The molecule has 0 saturated heterocycles. The monoisotopic (exact) mass is 334 g/mol. The van der Waals surface area contributed by atoms with Crippen LogP contribution in [-0.2, 0) is 4.79 Å². The summed E-state index contributed by atoms with van der Waals surface area (Å²) in [6, 6.07) is 0. The molecule has 0 aromatic carbocycles. The van der Waals surface area contributed by atoms with Gasteiger partial charge in [0.25, 0.3) is 0 Å². The van der Waals surface area contributed by atoms with Crippen molar-refractivity contribution in [2.24, 2.45) is 28.6 Å². The molecule has 24 heavy (non-hydrogen) atoms. The summed E-state index contributed by atoms with van der Waals surface area (Å²) in [7, 11) is 0. The molecule has 4 rings (SSSR count). The first-order valence-electron chi connectivity index (χ1n) is 8.91. The van der Waals surface area contributed by atoms with Gasteiger partial charge in [-0.3, -0.25) is 4.79 Å². The summed E-state index contributed by atoms with van der Waals surface area (Å²) >= 11 is 0. The highest BCUT2D eigenvalue weighted by Crippen LogP contribution is 2.64. The Hall–Kier alpha value is -1.17. The molecule has 0 unspecified atom stereocenters. The molecular formula is C19H26O5. The highest BCUT2D eigenvalue weighted by Gasteiger charge is 2.63. The van der Waals surface area contributed by atoms with Crippen LogP contribution >= 0.6 is 0 Å². The van der Waals surface area contributed by atoms with Gasteiger partial charge >= 0.3 is 0 Å². The molecule has 4 aliphatic carbocycles. The molecule has 0 bridgehead atoms. The molecule has 4 N–H and O–H groups in total. The lowest BCUT2D eigenvalue weighted by Crippen LogP contribution is -2.59. The fourth-order valence-corrected chi connectivity index (χ4v) is 6.44. The van der Waals surface area contributed by atoms with Crippen molar-refractivity contribution in [3.63, 3.8) is 0 Å². The summed E-state index contributed by atoms with van der Waals surface area (Å²) in [5.74, 6) is -0.648. The maximum absolute atomic E-state index is 11.9. The van der Waals surface area contributed by atoms with Crippen LogP contribution in [0.4, 0.5) is 0 Å². The molecule has 8 atom stereocenters. The smallest absolute Gasteiger partial charge is 0.219 e. The third-order valence-corrected chi connectivity index (χ3v) is 7.55. The number of fused-ring (bicyclic) bond motifs is 5. The maximum Gasteiger partial charge on any atom is 0.219 e. The Kier molecular flexibility index (Phi) is 3.35. The van der Waals surface area contributed by atoms with Crippen LogP contribution in [0.3, 0.4) is 0 Å². The number of hydrogen-bond donors (Lipinski definition) is 4. The van der Waals surface area contributed by atoms with Gasteiger partial charge in [0.05, 0.1) is 18.3 Å². The zero-order valence-corrected chi connectivity index (χ0v) is 14.1. The van der Waals surface area contributed by atoms with Crippen LogP contribution in [0.2, 0.25) is 0 Å². The molecule has 4 aliphatic rings. The Labute approximate surface area is 141 Å². The van der Waals surface area contributed by atoms with E-state index in [2.05, 4.69) is 0 Å². The second-order valence-corrected chi connectivity index (χ2v) is 8.69. The van der Waals surface area contributed by atoms with Crippen molar-refractivity contribution >= 4 is 5.78 Å². The molecule has 5 heteroatoms. The van der Waals surface area contributed by atoms with Crippen LogP contribution in [0, 0.1) is 28.6 Å². The zero-order chi connectivity index (χ0) is 17.4. The molecule has 0 aromatic heterocycles. The molecule has 0 aromatic rings.